The Kier molecular flexibility index (Phi) is 8.63. The maximum atomic E-state index is 13.9. The van der Waals surface area contributed by atoms with Crippen LogP contribution in [0.15, 0.2) is 59.5 Å². The predicted octanol–water partition coefficient (Wildman–Crippen LogP) is 6.81. The van der Waals surface area contributed by atoms with E-state index >= 15 is 0 Å². The molecule has 11 heteroatoms. The summed E-state index contributed by atoms with van der Waals surface area (Å²) >= 11 is 6.33. The third-order valence-electron chi connectivity index (χ3n) is 7.99. The number of methoxy groups -OCH3 is 1. The number of amides is 1. The molecular formula is C30H29ClF3NO5S. The minimum absolute atomic E-state index is 0.00947. The molecule has 0 aromatic heterocycles. The van der Waals surface area contributed by atoms with Gasteiger partial charge in [0, 0.05) is 30.0 Å². The Morgan fingerprint density at radius 1 is 0.976 bits per heavy atom. The van der Waals surface area contributed by atoms with Crippen molar-refractivity contribution in [3.05, 3.63) is 88.2 Å². The average molecular weight is 608 g/mol. The molecule has 0 heterocycles. The van der Waals surface area contributed by atoms with Crippen LogP contribution in [0.3, 0.4) is 0 Å². The highest BCUT2D eigenvalue weighted by Crippen LogP contribution is 2.50. The lowest BCUT2D eigenvalue weighted by Crippen LogP contribution is -2.38. The van der Waals surface area contributed by atoms with Crippen molar-refractivity contribution in [3.63, 3.8) is 0 Å². The molecule has 1 N–H and O–H groups in total. The Hall–Kier alpha value is -3.08. The summed E-state index contributed by atoms with van der Waals surface area (Å²) in [4.78, 5) is 12.6. The highest BCUT2D eigenvalue weighted by molar-refractivity contribution is 7.92. The van der Waals surface area contributed by atoms with Crippen molar-refractivity contribution in [3.8, 4) is 5.75 Å². The second kappa shape index (κ2) is 12.0. The number of benzene rings is 3. The van der Waals surface area contributed by atoms with Gasteiger partial charge in [0.05, 0.1) is 28.9 Å². The van der Waals surface area contributed by atoms with Gasteiger partial charge in [-0.15, -0.1) is 0 Å². The third-order valence-corrected chi connectivity index (χ3v) is 10.9. The highest BCUT2D eigenvalue weighted by atomic mass is 35.5. The summed E-state index contributed by atoms with van der Waals surface area (Å²) < 4.78 is 79.3. The fourth-order valence-electron chi connectivity index (χ4n) is 6.15. The van der Waals surface area contributed by atoms with Gasteiger partial charge in [-0.1, -0.05) is 23.7 Å². The molecule has 1 amide bonds. The highest BCUT2D eigenvalue weighted by Gasteiger charge is 2.50. The molecule has 218 valence electrons. The van der Waals surface area contributed by atoms with Gasteiger partial charge in [0.25, 0.3) is 5.91 Å². The summed E-state index contributed by atoms with van der Waals surface area (Å²) in [6, 6.07) is 12.7. The van der Waals surface area contributed by atoms with Gasteiger partial charge in [0.2, 0.25) is 0 Å². The first-order valence-corrected chi connectivity index (χ1v) is 15.2. The zero-order valence-corrected chi connectivity index (χ0v) is 23.8. The zero-order valence-electron chi connectivity index (χ0n) is 22.2. The van der Waals surface area contributed by atoms with E-state index in [1.54, 1.807) is 7.11 Å². The number of hydrogen-bond donors (Lipinski definition) is 1. The molecule has 2 saturated carbocycles. The van der Waals surface area contributed by atoms with E-state index in [2.05, 4.69) is 5.32 Å². The fourth-order valence-corrected chi connectivity index (χ4v) is 9.02. The lowest BCUT2D eigenvalue weighted by Gasteiger charge is -2.35. The standard InChI is InChI=1S/C30H29ClF3NO5S/c1-39-23-7-2-17(3-8-23)15-40-16-18-10-19-4-5-20(11-18)29(19)41(37,38)27-12-21(6-9-24(27)31)30(36)35-22-13-25(32)28(34)26(33)14-22/h2-3,6-9,12-14,18-20,29H,4-5,10-11,15-16H2,1H3,(H,35,36)/t18-,19?,20?,29+. The van der Waals surface area contributed by atoms with Gasteiger partial charge in [-0.25, -0.2) is 21.6 Å². The van der Waals surface area contributed by atoms with Crippen LogP contribution in [0, 0.1) is 35.2 Å². The van der Waals surface area contributed by atoms with Gasteiger partial charge in [-0.05, 0) is 79.3 Å². The Morgan fingerprint density at radius 2 is 1.61 bits per heavy atom. The van der Waals surface area contributed by atoms with Crippen LogP contribution >= 0.6 is 11.6 Å². The molecule has 0 radical (unpaired) electrons. The molecule has 0 spiro atoms. The van der Waals surface area contributed by atoms with Crippen LogP contribution in [0.25, 0.3) is 0 Å². The minimum Gasteiger partial charge on any atom is -0.497 e. The van der Waals surface area contributed by atoms with Crippen molar-refractivity contribution in [1.82, 2.24) is 0 Å². The van der Waals surface area contributed by atoms with Crippen molar-refractivity contribution in [1.29, 1.82) is 0 Å². The maximum absolute atomic E-state index is 13.9. The molecular weight excluding hydrogens is 579 g/mol. The van der Waals surface area contributed by atoms with Gasteiger partial charge >= 0.3 is 0 Å². The van der Waals surface area contributed by atoms with E-state index in [4.69, 9.17) is 21.1 Å². The molecule has 5 rings (SSSR count). The van der Waals surface area contributed by atoms with E-state index in [1.807, 2.05) is 24.3 Å². The molecule has 3 aromatic carbocycles. The molecule has 6 nitrogen and oxygen atoms in total. The fraction of sp³-hybridized carbons (Fsp3) is 0.367. The van der Waals surface area contributed by atoms with E-state index in [-0.39, 0.29) is 38.9 Å². The Bertz CT molecular complexity index is 1510. The molecule has 0 aliphatic heterocycles. The number of rotatable bonds is 9. The van der Waals surface area contributed by atoms with Crippen LogP contribution in [0.1, 0.15) is 41.6 Å². The molecule has 41 heavy (non-hydrogen) atoms. The molecule has 2 aliphatic carbocycles. The monoisotopic (exact) mass is 607 g/mol. The minimum atomic E-state index is -3.90. The molecule has 2 aliphatic rings. The number of ether oxygens (including phenoxy) is 2. The second-order valence-electron chi connectivity index (χ2n) is 10.7. The molecule has 3 aromatic rings. The first kappa shape index (κ1) is 29.4. The van der Waals surface area contributed by atoms with Crippen molar-refractivity contribution < 1.29 is 35.9 Å². The number of anilines is 1. The summed E-state index contributed by atoms with van der Waals surface area (Å²) in [6.07, 6.45) is 2.98. The van der Waals surface area contributed by atoms with E-state index in [0.29, 0.717) is 38.2 Å². The maximum Gasteiger partial charge on any atom is 0.255 e. The number of sulfone groups is 1. The van der Waals surface area contributed by atoms with Crippen LogP contribution in [-0.2, 0) is 21.2 Å². The van der Waals surface area contributed by atoms with Crippen LogP contribution < -0.4 is 10.1 Å². The lowest BCUT2D eigenvalue weighted by atomic mass is 9.81. The Morgan fingerprint density at radius 3 is 2.22 bits per heavy atom. The Labute approximate surface area is 241 Å². The second-order valence-corrected chi connectivity index (χ2v) is 13.1. The van der Waals surface area contributed by atoms with Crippen LogP contribution in [0.2, 0.25) is 5.02 Å². The molecule has 2 unspecified atom stereocenters. The van der Waals surface area contributed by atoms with Crippen molar-refractivity contribution in [2.45, 2.75) is 42.4 Å². The first-order valence-electron chi connectivity index (χ1n) is 13.3. The van der Waals surface area contributed by atoms with Gasteiger partial charge < -0.3 is 14.8 Å². The number of nitrogens with one attached hydrogen (secondary N) is 1. The number of fused-ring (bicyclic) bond motifs is 2. The molecule has 2 atom stereocenters. The summed E-state index contributed by atoms with van der Waals surface area (Å²) in [5.41, 5.74) is 0.653. The van der Waals surface area contributed by atoms with E-state index in [9.17, 15) is 26.4 Å². The largest absolute Gasteiger partial charge is 0.497 e. The summed E-state index contributed by atoms with van der Waals surface area (Å²) in [5.74, 6) is -4.51. The predicted molar refractivity (Wildman–Crippen MR) is 148 cm³/mol. The summed E-state index contributed by atoms with van der Waals surface area (Å²) in [6.45, 7) is 0.992. The summed E-state index contributed by atoms with van der Waals surface area (Å²) in [5, 5.41) is 1.64. The van der Waals surface area contributed by atoms with Crippen LogP contribution in [0.4, 0.5) is 18.9 Å². The number of carbonyl (C=O) groups excluding carboxylic acids is 1. The number of carbonyl (C=O) groups is 1. The van der Waals surface area contributed by atoms with Gasteiger partial charge in [0.15, 0.2) is 27.3 Å². The van der Waals surface area contributed by atoms with Gasteiger partial charge in [-0.2, -0.15) is 0 Å². The number of halogens is 4. The van der Waals surface area contributed by atoms with Crippen molar-refractivity contribution >= 4 is 33.0 Å². The van der Waals surface area contributed by atoms with Crippen LogP contribution in [0.5, 0.6) is 5.75 Å². The normalized spacial score (nSPS) is 22.0. The third kappa shape index (κ3) is 6.24. The zero-order chi connectivity index (χ0) is 29.3. The van der Waals surface area contributed by atoms with Crippen LogP contribution in [-0.4, -0.2) is 33.3 Å². The quantitative estimate of drug-likeness (QED) is 0.270. The lowest BCUT2D eigenvalue weighted by molar-refractivity contribution is 0.0626. The van der Waals surface area contributed by atoms with Crippen molar-refractivity contribution in [2.24, 2.45) is 17.8 Å². The van der Waals surface area contributed by atoms with E-state index in [0.717, 1.165) is 24.2 Å². The first-order chi connectivity index (χ1) is 19.6. The average Bonchev–Trinajstić information content (AvgIpc) is 3.23. The smallest absolute Gasteiger partial charge is 0.255 e. The van der Waals surface area contributed by atoms with E-state index in [1.165, 1.54) is 18.2 Å². The summed E-state index contributed by atoms with van der Waals surface area (Å²) in [7, 11) is -2.29. The topological polar surface area (TPSA) is 81.7 Å². The van der Waals surface area contributed by atoms with Gasteiger partial charge in [-0.3, -0.25) is 4.79 Å². The molecule has 2 bridgehead atoms. The molecule has 2 fully saturated rings. The van der Waals surface area contributed by atoms with Crippen molar-refractivity contribution in [2.75, 3.05) is 19.0 Å². The van der Waals surface area contributed by atoms with E-state index < -0.39 is 38.4 Å². The SMILES string of the molecule is COc1ccc(COC[C@H]2CC3CCC(C2)[C@@H]3S(=O)(=O)c2cc(C(=O)Nc3cc(F)c(F)c(F)c3)ccc2Cl)cc1. The van der Waals surface area contributed by atoms with Gasteiger partial charge in [0.1, 0.15) is 5.75 Å². The number of hydrogen-bond acceptors (Lipinski definition) is 5. The Balaban J connectivity index is 1.26. The molecule has 0 saturated heterocycles.